The first-order valence-corrected chi connectivity index (χ1v) is 9.29. The smallest absolute Gasteiger partial charge is 0.251 e. The summed E-state index contributed by atoms with van der Waals surface area (Å²) in [6.07, 6.45) is 5.95. The van der Waals surface area contributed by atoms with Crippen LogP contribution in [0.15, 0.2) is 24.3 Å². The van der Waals surface area contributed by atoms with Crippen LogP contribution < -0.4 is 10.1 Å². The van der Waals surface area contributed by atoms with Gasteiger partial charge in [0.1, 0.15) is 12.4 Å². The molecule has 1 aliphatic heterocycles. The highest BCUT2D eigenvalue weighted by molar-refractivity contribution is 5.94. The Hall–Kier alpha value is -1.55. The van der Waals surface area contributed by atoms with Gasteiger partial charge in [0.2, 0.25) is 0 Å². The SMILES string of the molecule is CC1CCCC(NC(=O)c2ccc(OCC3CCCO3)cc2)C1C. The third-order valence-corrected chi connectivity index (χ3v) is 5.60. The van der Waals surface area contributed by atoms with Crippen LogP contribution in [0.4, 0.5) is 0 Å². The minimum Gasteiger partial charge on any atom is -0.491 e. The van der Waals surface area contributed by atoms with E-state index in [1.54, 1.807) is 0 Å². The number of ether oxygens (including phenoxy) is 2. The molecule has 0 bridgehead atoms. The predicted octanol–water partition coefficient (Wildman–Crippen LogP) is 3.80. The minimum atomic E-state index is 0.0200. The van der Waals surface area contributed by atoms with Gasteiger partial charge in [-0.3, -0.25) is 4.79 Å². The number of benzene rings is 1. The first kappa shape index (κ1) is 17.3. The third kappa shape index (κ3) is 4.29. The Morgan fingerprint density at radius 3 is 2.67 bits per heavy atom. The summed E-state index contributed by atoms with van der Waals surface area (Å²) in [5, 5.41) is 3.21. The molecule has 1 saturated carbocycles. The Labute approximate surface area is 144 Å². The fourth-order valence-corrected chi connectivity index (χ4v) is 3.70. The van der Waals surface area contributed by atoms with Crippen molar-refractivity contribution in [2.45, 2.75) is 58.1 Å². The van der Waals surface area contributed by atoms with Crippen molar-refractivity contribution in [3.63, 3.8) is 0 Å². The second-order valence-electron chi connectivity index (χ2n) is 7.32. The van der Waals surface area contributed by atoms with Gasteiger partial charge in [-0.25, -0.2) is 0 Å². The summed E-state index contributed by atoms with van der Waals surface area (Å²) >= 11 is 0. The van der Waals surface area contributed by atoms with Gasteiger partial charge < -0.3 is 14.8 Å². The van der Waals surface area contributed by atoms with Crippen LogP contribution in [0.25, 0.3) is 0 Å². The molecule has 4 unspecified atom stereocenters. The lowest BCUT2D eigenvalue weighted by Gasteiger charge is -2.34. The van der Waals surface area contributed by atoms with Crippen LogP contribution >= 0.6 is 0 Å². The van der Waals surface area contributed by atoms with Crippen molar-refractivity contribution < 1.29 is 14.3 Å². The lowest BCUT2D eigenvalue weighted by atomic mass is 9.78. The largest absolute Gasteiger partial charge is 0.491 e. The van der Waals surface area contributed by atoms with Gasteiger partial charge in [-0.2, -0.15) is 0 Å². The maximum absolute atomic E-state index is 12.5. The average molecular weight is 331 g/mol. The van der Waals surface area contributed by atoms with E-state index in [4.69, 9.17) is 9.47 Å². The monoisotopic (exact) mass is 331 g/mol. The van der Waals surface area contributed by atoms with Crippen LogP contribution in [0.1, 0.15) is 56.3 Å². The lowest BCUT2D eigenvalue weighted by Crippen LogP contribution is -2.43. The van der Waals surface area contributed by atoms with Crippen molar-refractivity contribution >= 4 is 5.91 Å². The minimum absolute atomic E-state index is 0.0200. The molecule has 1 amide bonds. The van der Waals surface area contributed by atoms with Gasteiger partial charge in [-0.15, -0.1) is 0 Å². The van der Waals surface area contributed by atoms with Gasteiger partial charge in [0.25, 0.3) is 5.91 Å². The molecule has 2 aliphatic rings. The molecule has 1 aliphatic carbocycles. The van der Waals surface area contributed by atoms with Crippen molar-refractivity contribution in [3.8, 4) is 5.75 Å². The topological polar surface area (TPSA) is 47.6 Å². The molecule has 1 saturated heterocycles. The van der Waals surface area contributed by atoms with Gasteiger partial charge in [-0.05, 0) is 55.4 Å². The fraction of sp³-hybridized carbons (Fsp3) is 0.650. The van der Waals surface area contributed by atoms with E-state index in [2.05, 4.69) is 19.2 Å². The Bertz CT molecular complexity index is 536. The zero-order valence-electron chi connectivity index (χ0n) is 14.8. The van der Waals surface area contributed by atoms with E-state index in [1.807, 2.05) is 24.3 Å². The van der Waals surface area contributed by atoms with Crippen molar-refractivity contribution in [2.75, 3.05) is 13.2 Å². The number of hydrogen-bond donors (Lipinski definition) is 1. The molecule has 4 nitrogen and oxygen atoms in total. The first-order valence-electron chi connectivity index (χ1n) is 9.29. The highest BCUT2D eigenvalue weighted by Crippen LogP contribution is 2.29. The first-order chi connectivity index (χ1) is 11.6. The molecule has 1 N–H and O–H groups in total. The molecule has 1 heterocycles. The molecule has 24 heavy (non-hydrogen) atoms. The Morgan fingerprint density at radius 2 is 1.96 bits per heavy atom. The lowest BCUT2D eigenvalue weighted by molar-refractivity contribution is 0.0679. The van der Waals surface area contributed by atoms with E-state index in [1.165, 1.54) is 12.8 Å². The number of amides is 1. The van der Waals surface area contributed by atoms with Crippen molar-refractivity contribution in [3.05, 3.63) is 29.8 Å². The van der Waals surface area contributed by atoms with Crippen LogP contribution in [0, 0.1) is 11.8 Å². The molecule has 2 fully saturated rings. The van der Waals surface area contributed by atoms with Crippen LogP contribution in [-0.2, 0) is 4.74 Å². The summed E-state index contributed by atoms with van der Waals surface area (Å²) in [5.41, 5.74) is 0.699. The second kappa shape index (κ2) is 8.02. The normalized spacial score (nSPS) is 30.1. The quantitative estimate of drug-likeness (QED) is 0.893. The van der Waals surface area contributed by atoms with E-state index >= 15 is 0 Å². The Kier molecular flexibility index (Phi) is 5.77. The molecule has 132 valence electrons. The standard InChI is InChI=1S/C20H29NO3/c1-14-5-3-7-19(15(14)2)21-20(22)16-8-10-17(11-9-16)24-13-18-6-4-12-23-18/h8-11,14-15,18-19H,3-7,12-13H2,1-2H3,(H,21,22). The van der Waals surface area contributed by atoms with Gasteiger partial charge >= 0.3 is 0 Å². The van der Waals surface area contributed by atoms with Crippen LogP contribution in [0.3, 0.4) is 0 Å². The fourth-order valence-electron chi connectivity index (χ4n) is 3.70. The molecule has 1 aromatic carbocycles. The summed E-state index contributed by atoms with van der Waals surface area (Å²) in [4.78, 5) is 12.5. The average Bonchev–Trinajstić information content (AvgIpc) is 3.11. The summed E-state index contributed by atoms with van der Waals surface area (Å²) in [5.74, 6) is 2.03. The van der Waals surface area contributed by atoms with E-state index in [0.29, 0.717) is 24.0 Å². The molecule has 0 radical (unpaired) electrons. The summed E-state index contributed by atoms with van der Waals surface area (Å²) in [7, 11) is 0. The number of carbonyl (C=O) groups is 1. The summed E-state index contributed by atoms with van der Waals surface area (Å²) in [6.45, 7) is 5.95. The van der Waals surface area contributed by atoms with Crippen LogP contribution in [0.2, 0.25) is 0 Å². The molecule has 1 aromatic rings. The van der Waals surface area contributed by atoms with Gasteiger partial charge in [0.15, 0.2) is 0 Å². The highest BCUT2D eigenvalue weighted by atomic mass is 16.5. The van der Waals surface area contributed by atoms with E-state index in [-0.39, 0.29) is 18.1 Å². The van der Waals surface area contributed by atoms with E-state index in [0.717, 1.165) is 31.6 Å². The Balaban J connectivity index is 1.51. The number of rotatable bonds is 5. The predicted molar refractivity (Wildman–Crippen MR) is 94.3 cm³/mol. The zero-order chi connectivity index (χ0) is 16.9. The number of carbonyl (C=O) groups excluding carboxylic acids is 1. The van der Waals surface area contributed by atoms with Crippen molar-refractivity contribution in [1.29, 1.82) is 0 Å². The van der Waals surface area contributed by atoms with Gasteiger partial charge in [0, 0.05) is 18.2 Å². The number of nitrogens with one attached hydrogen (secondary N) is 1. The zero-order valence-corrected chi connectivity index (χ0v) is 14.8. The Morgan fingerprint density at radius 1 is 1.17 bits per heavy atom. The van der Waals surface area contributed by atoms with Crippen molar-refractivity contribution in [1.82, 2.24) is 5.32 Å². The second-order valence-corrected chi connectivity index (χ2v) is 7.32. The highest BCUT2D eigenvalue weighted by Gasteiger charge is 2.28. The number of hydrogen-bond acceptors (Lipinski definition) is 3. The van der Waals surface area contributed by atoms with E-state index < -0.39 is 0 Å². The molecular formula is C20H29NO3. The summed E-state index contributed by atoms with van der Waals surface area (Å²) < 4.78 is 11.3. The summed E-state index contributed by atoms with van der Waals surface area (Å²) in [6, 6.07) is 7.72. The molecule has 4 atom stereocenters. The van der Waals surface area contributed by atoms with Gasteiger partial charge in [0.05, 0.1) is 6.10 Å². The molecular weight excluding hydrogens is 302 g/mol. The third-order valence-electron chi connectivity index (χ3n) is 5.60. The van der Waals surface area contributed by atoms with E-state index in [9.17, 15) is 4.79 Å². The molecule has 0 spiro atoms. The molecule has 3 rings (SSSR count). The maximum atomic E-state index is 12.5. The van der Waals surface area contributed by atoms with Crippen LogP contribution in [0.5, 0.6) is 5.75 Å². The maximum Gasteiger partial charge on any atom is 0.251 e. The van der Waals surface area contributed by atoms with Gasteiger partial charge in [-0.1, -0.05) is 26.7 Å². The van der Waals surface area contributed by atoms with Crippen molar-refractivity contribution in [2.24, 2.45) is 11.8 Å². The van der Waals surface area contributed by atoms with Crippen LogP contribution in [-0.4, -0.2) is 31.3 Å². The molecule has 0 aromatic heterocycles. The molecule has 4 heteroatoms.